The van der Waals surface area contributed by atoms with Crippen LogP contribution in [0.2, 0.25) is 0 Å². The van der Waals surface area contributed by atoms with Gasteiger partial charge in [-0.25, -0.2) is 0 Å². The number of benzene rings is 2. The second-order valence-electron chi connectivity index (χ2n) is 9.80. The van der Waals surface area contributed by atoms with Crippen molar-refractivity contribution in [2.75, 3.05) is 22.9 Å². The van der Waals surface area contributed by atoms with Crippen LogP contribution in [0, 0.1) is 0 Å². The van der Waals surface area contributed by atoms with Crippen LogP contribution in [-0.4, -0.2) is 43.2 Å². The number of hydrogen-bond acceptors (Lipinski definition) is 5. The van der Waals surface area contributed by atoms with E-state index in [9.17, 15) is 17.8 Å². The number of anilines is 2. The zero-order chi connectivity index (χ0) is 27.8. The minimum absolute atomic E-state index is 0.0778. The lowest BCUT2D eigenvalue weighted by Gasteiger charge is -2.25. The summed E-state index contributed by atoms with van der Waals surface area (Å²) in [5, 5.41) is 8.86. The number of rotatable bonds is 12. The fraction of sp³-hybridized carbons (Fsp3) is 0.323. The van der Waals surface area contributed by atoms with Gasteiger partial charge in [0.05, 0.1) is 10.9 Å². The maximum Gasteiger partial charge on any atom is 0.303 e. The van der Waals surface area contributed by atoms with Crippen LogP contribution in [0.4, 0.5) is 11.4 Å². The monoisotopic (exact) mass is 548 g/mol. The first-order valence-electron chi connectivity index (χ1n) is 13.4. The molecule has 0 aliphatic carbocycles. The van der Waals surface area contributed by atoms with E-state index in [0.717, 1.165) is 49.3 Å². The Morgan fingerprint density at radius 3 is 2.51 bits per heavy atom. The molecular weight excluding hydrogens is 512 g/mol. The molecule has 0 fully saturated rings. The van der Waals surface area contributed by atoms with Crippen LogP contribution < -0.4 is 9.80 Å². The van der Waals surface area contributed by atoms with Crippen molar-refractivity contribution in [1.82, 2.24) is 0 Å². The molecule has 0 radical (unpaired) electrons. The number of carbonyl (C=O) groups is 1. The first kappa shape index (κ1) is 28.4. The Labute approximate surface area is 231 Å². The molecule has 2 N–H and O–H groups in total. The van der Waals surface area contributed by atoms with Crippen molar-refractivity contribution in [2.24, 2.45) is 0 Å². The van der Waals surface area contributed by atoms with E-state index in [4.69, 9.17) is 5.11 Å². The summed E-state index contributed by atoms with van der Waals surface area (Å²) in [5.41, 5.74) is 5.53. The van der Waals surface area contributed by atoms with E-state index in [-0.39, 0.29) is 17.4 Å². The average molecular weight is 549 g/mol. The van der Waals surface area contributed by atoms with Gasteiger partial charge in [-0.2, -0.15) is 8.42 Å². The van der Waals surface area contributed by atoms with Gasteiger partial charge < -0.3 is 14.9 Å². The number of unbranched alkanes of at least 4 members (excludes halogenated alkanes) is 2. The Balaban J connectivity index is 1.34. The second kappa shape index (κ2) is 13.0. The van der Waals surface area contributed by atoms with Gasteiger partial charge in [0.25, 0.3) is 10.1 Å². The van der Waals surface area contributed by atoms with Gasteiger partial charge in [0.15, 0.2) is 0 Å². The van der Waals surface area contributed by atoms with Crippen molar-refractivity contribution in [3.05, 3.63) is 102 Å². The highest BCUT2D eigenvalue weighted by Gasteiger charge is 2.26. The van der Waals surface area contributed by atoms with Crippen molar-refractivity contribution in [3.63, 3.8) is 0 Å². The number of nitrogens with zero attached hydrogens (tertiary/aromatic N) is 2. The molecule has 1 unspecified atom stereocenters. The zero-order valence-corrected chi connectivity index (χ0v) is 23.1. The van der Waals surface area contributed by atoms with Crippen LogP contribution in [0.25, 0.3) is 0 Å². The first-order chi connectivity index (χ1) is 18.8. The highest BCUT2D eigenvalue weighted by atomic mass is 32.2. The predicted octanol–water partition coefficient (Wildman–Crippen LogP) is 5.94. The number of hydrogen-bond donors (Lipinski definition) is 2. The molecule has 39 heavy (non-hydrogen) atoms. The largest absolute Gasteiger partial charge is 0.481 e. The normalized spacial score (nSPS) is 18.2. The van der Waals surface area contributed by atoms with E-state index in [0.29, 0.717) is 12.8 Å². The highest BCUT2D eigenvalue weighted by molar-refractivity contribution is 7.85. The van der Waals surface area contributed by atoms with Crippen LogP contribution in [0.3, 0.4) is 0 Å². The fourth-order valence-electron chi connectivity index (χ4n) is 5.32. The summed E-state index contributed by atoms with van der Waals surface area (Å²) in [7, 11) is -4.22. The molecule has 0 spiro atoms. The summed E-state index contributed by atoms with van der Waals surface area (Å²) >= 11 is 0. The van der Waals surface area contributed by atoms with E-state index in [1.54, 1.807) is 12.1 Å². The molecule has 0 bridgehead atoms. The predicted molar refractivity (Wildman–Crippen MR) is 156 cm³/mol. The lowest BCUT2D eigenvalue weighted by atomic mass is 10.1. The Morgan fingerprint density at radius 1 is 0.974 bits per heavy atom. The Kier molecular flexibility index (Phi) is 9.43. The molecular formula is C31H36N2O5S. The molecule has 0 saturated heterocycles. The molecule has 4 rings (SSSR count). The lowest BCUT2D eigenvalue weighted by molar-refractivity contribution is -0.137. The molecule has 2 aliphatic heterocycles. The SMILES string of the molecule is CCN1\C(=C/C=C/C=C/C=C/C2Cc3ccccc3N2CCCCCC(=O)O)Cc2cc(S(=O)(=O)O)ccc21. The summed E-state index contributed by atoms with van der Waals surface area (Å²) in [5.74, 6) is -0.732. The van der Waals surface area contributed by atoms with E-state index < -0.39 is 16.1 Å². The molecule has 1 atom stereocenters. The van der Waals surface area contributed by atoms with E-state index in [1.807, 2.05) is 30.4 Å². The summed E-state index contributed by atoms with van der Waals surface area (Å²) in [6.07, 6.45) is 18.7. The van der Waals surface area contributed by atoms with Gasteiger partial charge in [0.2, 0.25) is 0 Å². The zero-order valence-electron chi connectivity index (χ0n) is 22.2. The fourth-order valence-corrected chi connectivity index (χ4v) is 5.85. The van der Waals surface area contributed by atoms with Crippen LogP contribution in [-0.2, 0) is 27.8 Å². The Bertz CT molecular complexity index is 1410. The summed E-state index contributed by atoms with van der Waals surface area (Å²) in [6, 6.07) is 13.5. The number of allylic oxidation sites excluding steroid dienone is 7. The molecule has 2 aromatic carbocycles. The summed E-state index contributed by atoms with van der Waals surface area (Å²) < 4.78 is 32.3. The first-order valence-corrected chi connectivity index (χ1v) is 14.9. The van der Waals surface area contributed by atoms with Gasteiger partial charge in [-0.1, -0.05) is 61.1 Å². The van der Waals surface area contributed by atoms with Gasteiger partial charge in [-0.05, 0) is 67.7 Å². The van der Waals surface area contributed by atoms with Crippen molar-refractivity contribution < 1.29 is 22.9 Å². The number of aliphatic carboxylic acids is 1. The smallest absolute Gasteiger partial charge is 0.303 e. The molecule has 0 amide bonds. The van der Waals surface area contributed by atoms with Gasteiger partial charge in [0.1, 0.15) is 0 Å². The maximum absolute atomic E-state index is 11.5. The Hall–Kier alpha value is -3.62. The molecule has 2 heterocycles. The van der Waals surface area contributed by atoms with Crippen molar-refractivity contribution in [1.29, 1.82) is 0 Å². The van der Waals surface area contributed by atoms with E-state index in [2.05, 4.69) is 53.1 Å². The molecule has 206 valence electrons. The highest BCUT2D eigenvalue weighted by Crippen LogP contribution is 2.36. The third kappa shape index (κ3) is 7.28. The third-order valence-corrected chi connectivity index (χ3v) is 8.01. The number of para-hydroxylation sites is 1. The number of fused-ring (bicyclic) bond motifs is 2. The van der Waals surface area contributed by atoms with E-state index >= 15 is 0 Å². The van der Waals surface area contributed by atoms with Crippen molar-refractivity contribution >= 4 is 27.5 Å². The van der Waals surface area contributed by atoms with Crippen LogP contribution in [0.15, 0.2) is 95.6 Å². The molecule has 8 heteroatoms. The number of carboxylic acid groups (broad SMARTS) is 1. The Morgan fingerprint density at radius 2 is 1.74 bits per heavy atom. The van der Waals surface area contributed by atoms with Crippen molar-refractivity contribution in [2.45, 2.75) is 56.4 Å². The number of carboxylic acids is 1. The molecule has 7 nitrogen and oxygen atoms in total. The molecule has 2 aromatic rings. The average Bonchev–Trinajstić information content (AvgIpc) is 3.44. The minimum Gasteiger partial charge on any atom is -0.481 e. The third-order valence-electron chi connectivity index (χ3n) is 7.16. The van der Waals surface area contributed by atoms with Crippen molar-refractivity contribution in [3.8, 4) is 0 Å². The maximum atomic E-state index is 11.5. The number of likely N-dealkylation sites (N-methyl/N-ethyl adjacent to an activating group) is 1. The topological polar surface area (TPSA) is 98.2 Å². The summed E-state index contributed by atoms with van der Waals surface area (Å²) in [6.45, 7) is 3.72. The van der Waals surface area contributed by atoms with Gasteiger partial charge in [-0.15, -0.1) is 0 Å². The van der Waals surface area contributed by atoms with Gasteiger partial charge in [-0.3, -0.25) is 9.35 Å². The van der Waals surface area contributed by atoms with Crippen LogP contribution in [0.1, 0.15) is 43.7 Å². The van der Waals surface area contributed by atoms with Crippen LogP contribution in [0.5, 0.6) is 0 Å². The molecule has 0 aromatic heterocycles. The molecule has 0 saturated carbocycles. The standard InChI is InChI=1S/C31H36N2O5S/c1-2-32-26(22-25-23-28(39(36,37)38)18-19-30(25)32)14-7-4-3-5-8-15-27-21-24-13-10-11-16-29(24)33(27)20-12-6-9-17-31(34)35/h3-5,7-8,10-11,13-16,18-19,23,27H,2,6,9,12,17,20-22H2,1H3,(H,34,35)(H,36,37,38)/b5-3+,7-4+,15-8+,26-14-. The lowest BCUT2D eigenvalue weighted by Crippen LogP contribution is -2.31. The van der Waals surface area contributed by atoms with E-state index in [1.165, 1.54) is 17.3 Å². The van der Waals surface area contributed by atoms with Gasteiger partial charge >= 0.3 is 5.97 Å². The summed E-state index contributed by atoms with van der Waals surface area (Å²) in [4.78, 5) is 15.3. The minimum atomic E-state index is -4.22. The second-order valence-corrected chi connectivity index (χ2v) is 11.2. The van der Waals surface area contributed by atoms with Gasteiger partial charge in [0, 0.05) is 43.0 Å². The quantitative estimate of drug-likeness (QED) is 0.192. The molecule has 2 aliphatic rings. The van der Waals surface area contributed by atoms with Crippen LogP contribution >= 0.6 is 0 Å².